The number of anilines is 1. The van der Waals surface area contributed by atoms with Crippen molar-refractivity contribution in [3.8, 4) is 0 Å². The number of aryl methyl sites for hydroxylation is 1. The molecule has 9 heteroatoms. The maximum absolute atomic E-state index is 5.87. The van der Waals surface area contributed by atoms with Gasteiger partial charge >= 0.3 is 0 Å². The Bertz CT molecular complexity index is 689. The van der Waals surface area contributed by atoms with E-state index in [-0.39, 0.29) is 0 Å². The molecule has 0 aliphatic rings. The maximum atomic E-state index is 5.87. The summed E-state index contributed by atoms with van der Waals surface area (Å²) in [5.74, 6) is 1.73. The number of nitrogens with zero attached hydrogens (tertiary/aromatic N) is 6. The molecule has 0 spiro atoms. The molecule has 0 unspecified atom stereocenters. The van der Waals surface area contributed by atoms with Gasteiger partial charge in [0.15, 0.2) is 11.0 Å². The number of hydrogen-bond donors (Lipinski definition) is 1. The Hall–Kier alpha value is -1.74. The lowest BCUT2D eigenvalue weighted by molar-refractivity contribution is 0.628. The Morgan fingerprint density at radius 3 is 3.11 bits per heavy atom. The molecule has 0 aliphatic carbocycles. The highest BCUT2D eigenvalue weighted by atomic mass is 32.2. The molecule has 3 aromatic rings. The number of thiophene rings is 1. The van der Waals surface area contributed by atoms with Crippen LogP contribution in [0.2, 0.25) is 0 Å². The van der Waals surface area contributed by atoms with Gasteiger partial charge in [0.1, 0.15) is 10.6 Å². The first-order chi connectivity index (χ1) is 8.72. The number of thioether (sulfide) groups is 1. The summed E-state index contributed by atoms with van der Waals surface area (Å²) in [5, 5.41) is 15.3. The molecule has 3 heterocycles. The Morgan fingerprint density at radius 1 is 1.44 bits per heavy atom. The zero-order valence-electron chi connectivity index (χ0n) is 9.44. The molecule has 92 valence electrons. The van der Waals surface area contributed by atoms with Crippen molar-refractivity contribution in [2.24, 2.45) is 7.05 Å². The molecule has 0 amide bonds. The Labute approximate surface area is 110 Å². The number of tetrazole rings is 1. The minimum Gasteiger partial charge on any atom is -0.383 e. The highest BCUT2D eigenvalue weighted by molar-refractivity contribution is 7.98. The van der Waals surface area contributed by atoms with Gasteiger partial charge in [0.05, 0.1) is 18.2 Å². The smallest absolute Gasteiger partial charge is 0.191 e. The van der Waals surface area contributed by atoms with Crippen LogP contribution in [-0.4, -0.2) is 30.2 Å². The highest BCUT2D eigenvalue weighted by Crippen LogP contribution is 2.27. The van der Waals surface area contributed by atoms with Crippen LogP contribution in [0.1, 0.15) is 5.82 Å². The molecule has 0 saturated heterocycles. The van der Waals surface area contributed by atoms with Crippen molar-refractivity contribution in [3.63, 3.8) is 0 Å². The molecule has 18 heavy (non-hydrogen) atoms. The van der Waals surface area contributed by atoms with Crippen LogP contribution in [0.4, 0.5) is 5.82 Å². The number of aromatic nitrogens is 6. The lowest BCUT2D eigenvalue weighted by Crippen LogP contribution is -1.96. The minimum atomic E-state index is 0.510. The second kappa shape index (κ2) is 4.50. The average Bonchev–Trinajstić information content (AvgIpc) is 2.95. The van der Waals surface area contributed by atoms with Gasteiger partial charge in [-0.2, -0.15) is 4.80 Å². The standard InChI is InChI=1S/C9H9N7S2/c1-16-14-6(13-15-16)4-18-9-11-7(10)5-2-3-17-8(5)12-9/h2-3H,4H2,1H3,(H2,10,11,12). The Kier molecular flexibility index (Phi) is 2.84. The summed E-state index contributed by atoms with van der Waals surface area (Å²) >= 11 is 2.99. The van der Waals surface area contributed by atoms with Crippen LogP contribution in [0, 0.1) is 0 Å². The van der Waals surface area contributed by atoms with E-state index >= 15 is 0 Å². The fraction of sp³-hybridized carbons (Fsp3) is 0.222. The van der Waals surface area contributed by atoms with E-state index in [0.29, 0.717) is 22.6 Å². The average molecular weight is 279 g/mol. The zero-order chi connectivity index (χ0) is 12.5. The van der Waals surface area contributed by atoms with Gasteiger partial charge in [-0.15, -0.1) is 21.5 Å². The van der Waals surface area contributed by atoms with Crippen molar-refractivity contribution in [2.75, 3.05) is 5.73 Å². The topological polar surface area (TPSA) is 95.4 Å². The molecule has 2 N–H and O–H groups in total. The summed E-state index contributed by atoms with van der Waals surface area (Å²) in [5.41, 5.74) is 5.87. The van der Waals surface area contributed by atoms with Crippen LogP contribution < -0.4 is 5.73 Å². The van der Waals surface area contributed by atoms with E-state index in [1.54, 1.807) is 18.4 Å². The van der Waals surface area contributed by atoms with Crippen molar-refractivity contribution >= 4 is 39.1 Å². The summed E-state index contributed by atoms with van der Waals surface area (Å²) in [6.45, 7) is 0. The van der Waals surface area contributed by atoms with Crippen molar-refractivity contribution in [2.45, 2.75) is 10.9 Å². The molecule has 7 nitrogen and oxygen atoms in total. The molecule has 3 aromatic heterocycles. The van der Waals surface area contributed by atoms with Crippen LogP contribution in [-0.2, 0) is 12.8 Å². The summed E-state index contributed by atoms with van der Waals surface area (Å²) in [6.07, 6.45) is 0. The van der Waals surface area contributed by atoms with Crippen LogP contribution >= 0.6 is 23.1 Å². The molecule has 0 aromatic carbocycles. The third kappa shape index (κ3) is 2.14. The second-order valence-electron chi connectivity index (χ2n) is 3.51. The predicted molar refractivity (Wildman–Crippen MR) is 70.2 cm³/mol. The first kappa shape index (κ1) is 11.4. The first-order valence-corrected chi connectivity index (χ1v) is 6.95. The van der Waals surface area contributed by atoms with E-state index in [1.807, 2.05) is 11.4 Å². The first-order valence-electron chi connectivity index (χ1n) is 5.09. The van der Waals surface area contributed by atoms with Crippen molar-refractivity contribution in [1.29, 1.82) is 0 Å². The minimum absolute atomic E-state index is 0.510. The third-order valence-corrected chi connectivity index (χ3v) is 3.86. The molecule has 0 aliphatic heterocycles. The molecular formula is C9H9N7S2. The van der Waals surface area contributed by atoms with E-state index < -0.39 is 0 Å². The lowest BCUT2D eigenvalue weighted by atomic mass is 10.4. The highest BCUT2D eigenvalue weighted by Gasteiger charge is 2.08. The normalized spacial score (nSPS) is 11.2. The number of rotatable bonds is 3. The summed E-state index contributed by atoms with van der Waals surface area (Å²) < 4.78 is 0. The number of fused-ring (bicyclic) bond motifs is 1. The van der Waals surface area contributed by atoms with Crippen LogP contribution in [0.5, 0.6) is 0 Å². The molecule has 0 fully saturated rings. The van der Waals surface area contributed by atoms with Crippen molar-refractivity contribution in [3.05, 3.63) is 17.3 Å². The third-order valence-electron chi connectivity index (χ3n) is 2.21. The van der Waals surface area contributed by atoms with Crippen molar-refractivity contribution < 1.29 is 0 Å². The van der Waals surface area contributed by atoms with Gasteiger partial charge in [0.2, 0.25) is 0 Å². The number of hydrogen-bond acceptors (Lipinski definition) is 8. The molecule has 0 atom stereocenters. The van der Waals surface area contributed by atoms with Crippen LogP contribution in [0.3, 0.4) is 0 Å². The number of nitrogens with two attached hydrogens (primary N) is 1. The van der Waals surface area contributed by atoms with E-state index in [0.717, 1.165) is 10.2 Å². The van der Waals surface area contributed by atoms with E-state index in [9.17, 15) is 0 Å². The van der Waals surface area contributed by atoms with Gasteiger partial charge in [-0.05, 0) is 16.7 Å². The SMILES string of the molecule is Cn1nnc(CSc2nc(N)c3ccsc3n2)n1. The fourth-order valence-corrected chi connectivity index (χ4v) is 2.95. The molecule has 0 bridgehead atoms. The summed E-state index contributed by atoms with van der Waals surface area (Å²) in [4.78, 5) is 11.0. The van der Waals surface area contributed by atoms with Gasteiger partial charge in [0.25, 0.3) is 0 Å². The molecule has 3 rings (SSSR count). The van der Waals surface area contributed by atoms with Crippen LogP contribution in [0.15, 0.2) is 16.6 Å². The quantitative estimate of drug-likeness (QED) is 0.566. The van der Waals surface area contributed by atoms with Crippen molar-refractivity contribution in [1.82, 2.24) is 30.2 Å². The monoisotopic (exact) mass is 279 g/mol. The maximum Gasteiger partial charge on any atom is 0.191 e. The van der Waals surface area contributed by atoms with Gasteiger partial charge in [-0.1, -0.05) is 11.8 Å². The molecular weight excluding hydrogens is 270 g/mol. The zero-order valence-corrected chi connectivity index (χ0v) is 11.1. The predicted octanol–water partition coefficient (Wildman–Crippen LogP) is 1.09. The van der Waals surface area contributed by atoms with E-state index in [4.69, 9.17) is 5.73 Å². The largest absolute Gasteiger partial charge is 0.383 e. The lowest BCUT2D eigenvalue weighted by Gasteiger charge is -2.00. The summed E-state index contributed by atoms with van der Waals surface area (Å²) in [6, 6.07) is 1.92. The molecule has 0 saturated carbocycles. The Balaban J connectivity index is 1.82. The fourth-order valence-electron chi connectivity index (χ4n) is 1.43. The number of nitrogen functional groups attached to an aromatic ring is 1. The Morgan fingerprint density at radius 2 is 2.33 bits per heavy atom. The van der Waals surface area contributed by atoms with Gasteiger partial charge < -0.3 is 5.73 Å². The van der Waals surface area contributed by atoms with Crippen LogP contribution in [0.25, 0.3) is 10.2 Å². The molecule has 0 radical (unpaired) electrons. The summed E-state index contributed by atoms with van der Waals surface area (Å²) in [7, 11) is 1.73. The van der Waals surface area contributed by atoms with Gasteiger partial charge in [-0.25, -0.2) is 9.97 Å². The van der Waals surface area contributed by atoms with Gasteiger partial charge in [0, 0.05) is 0 Å². The second-order valence-corrected chi connectivity index (χ2v) is 5.35. The van der Waals surface area contributed by atoms with E-state index in [1.165, 1.54) is 16.6 Å². The van der Waals surface area contributed by atoms with Gasteiger partial charge in [-0.3, -0.25) is 0 Å². The van der Waals surface area contributed by atoms with E-state index in [2.05, 4.69) is 25.4 Å².